The van der Waals surface area contributed by atoms with Crippen molar-refractivity contribution < 1.29 is 19.4 Å². The molecule has 0 fully saturated rings. The molecule has 0 aliphatic carbocycles. The molecule has 1 amide bonds. The van der Waals surface area contributed by atoms with Gasteiger partial charge in [0.1, 0.15) is 11.3 Å². The van der Waals surface area contributed by atoms with E-state index in [1.807, 2.05) is 75.4 Å². The van der Waals surface area contributed by atoms with E-state index in [4.69, 9.17) is 4.74 Å². The van der Waals surface area contributed by atoms with E-state index in [1.54, 1.807) is 17.0 Å². The van der Waals surface area contributed by atoms with Crippen LogP contribution in [0.1, 0.15) is 45.6 Å². The topological polar surface area (TPSA) is 66.8 Å². The second-order valence-corrected chi connectivity index (χ2v) is 7.69. The van der Waals surface area contributed by atoms with E-state index < -0.39 is 5.97 Å². The van der Waals surface area contributed by atoms with Gasteiger partial charge in [-0.3, -0.25) is 4.79 Å². The number of carboxylic acid groups (broad SMARTS) is 1. The maximum Gasteiger partial charge on any atom is 0.339 e. The zero-order valence-corrected chi connectivity index (χ0v) is 18.0. The number of amides is 1. The number of carboxylic acids is 1. The summed E-state index contributed by atoms with van der Waals surface area (Å²) in [4.78, 5) is 26.5. The number of aromatic carboxylic acids is 1. The molecule has 3 rings (SSSR count). The minimum absolute atomic E-state index is 0.0413. The molecule has 5 heteroatoms. The number of rotatable bonds is 8. The van der Waals surface area contributed by atoms with E-state index >= 15 is 0 Å². The van der Waals surface area contributed by atoms with Crippen molar-refractivity contribution in [1.82, 2.24) is 4.90 Å². The molecule has 0 saturated carbocycles. The van der Waals surface area contributed by atoms with Gasteiger partial charge in [0.05, 0.1) is 6.04 Å². The summed E-state index contributed by atoms with van der Waals surface area (Å²) < 4.78 is 5.69. The van der Waals surface area contributed by atoms with Gasteiger partial charge in [-0.1, -0.05) is 66.2 Å². The molecule has 1 N–H and O–H groups in total. The van der Waals surface area contributed by atoms with Gasteiger partial charge < -0.3 is 14.7 Å². The van der Waals surface area contributed by atoms with Crippen molar-refractivity contribution in [3.05, 3.63) is 101 Å². The molecule has 1 atom stereocenters. The summed E-state index contributed by atoms with van der Waals surface area (Å²) in [6.45, 7) is 6.04. The molecule has 0 aromatic heterocycles. The molecular formula is C26H27NO4. The van der Waals surface area contributed by atoms with Gasteiger partial charge >= 0.3 is 5.97 Å². The number of carbonyl (C=O) groups excluding carboxylic acids is 1. The summed E-state index contributed by atoms with van der Waals surface area (Å²) >= 11 is 0. The minimum atomic E-state index is -1.09. The maximum absolute atomic E-state index is 13.2. The Bertz CT molecular complexity index is 1040. The smallest absolute Gasteiger partial charge is 0.339 e. The lowest BCUT2D eigenvalue weighted by atomic mass is 10.1. The first kappa shape index (κ1) is 22.1. The van der Waals surface area contributed by atoms with Crippen LogP contribution in [0.15, 0.2) is 72.8 Å². The molecule has 0 heterocycles. The second-order valence-electron chi connectivity index (χ2n) is 7.69. The highest BCUT2D eigenvalue weighted by Gasteiger charge is 2.23. The quantitative estimate of drug-likeness (QED) is 0.549. The third-order valence-corrected chi connectivity index (χ3v) is 5.26. The average Bonchev–Trinajstić information content (AvgIpc) is 2.77. The molecule has 31 heavy (non-hydrogen) atoms. The van der Waals surface area contributed by atoms with Crippen LogP contribution in [-0.4, -0.2) is 28.5 Å². The molecule has 0 aliphatic rings. The van der Waals surface area contributed by atoms with Crippen molar-refractivity contribution in [2.45, 2.75) is 33.4 Å². The van der Waals surface area contributed by atoms with Crippen molar-refractivity contribution in [3.63, 3.8) is 0 Å². The standard InChI is InChI=1S/C26H27NO4/c1-18-9-12-21(13-10-18)16-27(20(3)22-7-5-4-6-8-22)25(28)17-31-24-15-19(2)11-14-23(24)26(29)30/h4-15,20H,16-17H2,1-3H3,(H,29,30)/t20-/m1/s1. The van der Waals surface area contributed by atoms with Crippen LogP contribution in [0.25, 0.3) is 0 Å². The van der Waals surface area contributed by atoms with E-state index in [2.05, 4.69) is 0 Å². The van der Waals surface area contributed by atoms with Crippen LogP contribution in [-0.2, 0) is 11.3 Å². The summed E-state index contributed by atoms with van der Waals surface area (Å²) in [7, 11) is 0. The Morgan fingerprint density at radius 3 is 2.23 bits per heavy atom. The number of carbonyl (C=O) groups is 2. The lowest BCUT2D eigenvalue weighted by molar-refractivity contribution is -0.136. The van der Waals surface area contributed by atoms with Crippen LogP contribution in [0.3, 0.4) is 0 Å². The molecule has 3 aromatic rings. The van der Waals surface area contributed by atoms with Crippen molar-refractivity contribution in [1.29, 1.82) is 0 Å². The Morgan fingerprint density at radius 2 is 1.58 bits per heavy atom. The van der Waals surface area contributed by atoms with Crippen molar-refractivity contribution in [3.8, 4) is 5.75 Å². The average molecular weight is 418 g/mol. The van der Waals surface area contributed by atoms with E-state index in [0.29, 0.717) is 6.54 Å². The molecule has 0 spiro atoms. The van der Waals surface area contributed by atoms with E-state index in [-0.39, 0.29) is 29.9 Å². The lowest BCUT2D eigenvalue weighted by Crippen LogP contribution is -2.36. The molecule has 0 unspecified atom stereocenters. The Hall–Kier alpha value is -3.60. The predicted octanol–water partition coefficient (Wildman–Crippen LogP) is 5.17. The first-order valence-corrected chi connectivity index (χ1v) is 10.2. The van der Waals surface area contributed by atoms with Crippen LogP contribution >= 0.6 is 0 Å². The molecule has 5 nitrogen and oxygen atoms in total. The highest BCUT2D eigenvalue weighted by atomic mass is 16.5. The van der Waals surface area contributed by atoms with Crippen LogP contribution in [0.5, 0.6) is 5.75 Å². The Kier molecular flexibility index (Phi) is 7.08. The summed E-state index contributed by atoms with van der Waals surface area (Å²) in [6, 6.07) is 22.6. The largest absolute Gasteiger partial charge is 0.483 e. The van der Waals surface area contributed by atoms with Crippen LogP contribution in [0.2, 0.25) is 0 Å². The van der Waals surface area contributed by atoms with Crippen LogP contribution < -0.4 is 4.74 Å². The monoisotopic (exact) mass is 417 g/mol. The van der Waals surface area contributed by atoms with E-state index in [9.17, 15) is 14.7 Å². The summed E-state index contributed by atoms with van der Waals surface area (Å²) in [5.41, 5.74) is 4.09. The molecule has 0 bridgehead atoms. The third-order valence-electron chi connectivity index (χ3n) is 5.26. The fourth-order valence-corrected chi connectivity index (χ4v) is 3.39. The Labute approximate surface area is 182 Å². The number of aryl methyl sites for hydroxylation is 2. The van der Waals surface area contributed by atoms with Gasteiger partial charge in [0.25, 0.3) is 5.91 Å². The Morgan fingerprint density at radius 1 is 0.935 bits per heavy atom. The second kappa shape index (κ2) is 9.94. The predicted molar refractivity (Wildman–Crippen MR) is 120 cm³/mol. The van der Waals surface area contributed by atoms with Crippen molar-refractivity contribution >= 4 is 11.9 Å². The lowest BCUT2D eigenvalue weighted by Gasteiger charge is -2.30. The highest BCUT2D eigenvalue weighted by molar-refractivity contribution is 5.91. The highest BCUT2D eigenvalue weighted by Crippen LogP contribution is 2.24. The number of nitrogens with zero attached hydrogens (tertiary/aromatic N) is 1. The minimum Gasteiger partial charge on any atom is -0.483 e. The number of benzene rings is 3. The van der Waals surface area contributed by atoms with Gasteiger partial charge in [0, 0.05) is 6.54 Å². The summed E-state index contributed by atoms with van der Waals surface area (Å²) in [5, 5.41) is 9.41. The van der Waals surface area contributed by atoms with E-state index in [0.717, 1.165) is 22.3 Å². The van der Waals surface area contributed by atoms with Gasteiger partial charge in [-0.2, -0.15) is 0 Å². The third kappa shape index (κ3) is 5.72. The number of ether oxygens (including phenoxy) is 1. The van der Waals surface area contributed by atoms with Gasteiger partial charge in [-0.05, 0) is 49.6 Å². The van der Waals surface area contributed by atoms with Gasteiger partial charge in [-0.25, -0.2) is 4.79 Å². The molecule has 0 saturated heterocycles. The molecule has 3 aromatic carbocycles. The maximum atomic E-state index is 13.2. The molecular weight excluding hydrogens is 390 g/mol. The van der Waals surface area contributed by atoms with Crippen LogP contribution in [0.4, 0.5) is 0 Å². The zero-order chi connectivity index (χ0) is 22.4. The molecule has 160 valence electrons. The molecule has 0 radical (unpaired) electrons. The summed E-state index contributed by atoms with van der Waals surface area (Å²) in [6.07, 6.45) is 0. The number of hydrogen-bond donors (Lipinski definition) is 1. The number of hydrogen-bond acceptors (Lipinski definition) is 3. The van der Waals surface area contributed by atoms with Crippen molar-refractivity contribution in [2.75, 3.05) is 6.61 Å². The molecule has 0 aliphatic heterocycles. The first-order chi connectivity index (χ1) is 14.8. The first-order valence-electron chi connectivity index (χ1n) is 10.2. The van der Waals surface area contributed by atoms with Crippen LogP contribution in [0, 0.1) is 13.8 Å². The van der Waals surface area contributed by atoms with Gasteiger partial charge in [0.2, 0.25) is 0 Å². The normalized spacial score (nSPS) is 11.6. The van der Waals surface area contributed by atoms with Gasteiger partial charge in [-0.15, -0.1) is 0 Å². The van der Waals surface area contributed by atoms with Crippen molar-refractivity contribution in [2.24, 2.45) is 0 Å². The van der Waals surface area contributed by atoms with Gasteiger partial charge in [0.15, 0.2) is 6.61 Å². The Balaban J connectivity index is 1.83. The SMILES string of the molecule is Cc1ccc(CN(C(=O)COc2cc(C)ccc2C(=O)O)[C@H](C)c2ccccc2)cc1. The summed E-state index contributed by atoms with van der Waals surface area (Å²) in [5.74, 6) is -1.10. The zero-order valence-electron chi connectivity index (χ0n) is 18.0. The van der Waals surface area contributed by atoms with E-state index in [1.165, 1.54) is 6.07 Å². The fourth-order valence-electron chi connectivity index (χ4n) is 3.39. The fraction of sp³-hybridized carbons (Fsp3) is 0.231.